The number of rotatable bonds is 5. The Labute approximate surface area is 148 Å². The van der Waals surface area contributed by atoms with E-state index in [0.717, 1.165) is 17.5 Å². The summed E-state index contributed by atoms with van der Waals surface area (Å²) in [5.74, 6) is -1.56. The van der Waals surface area contributed by atoms with Crippen LogP contribution in [0.3, 0.4) is 0 Å². The van der Waals surface area contributed by atoms with Crippen LogP contribution in [0.15, 0.2) is 60.7 Å². The lowest BCUT2D eigenvalue weighted by Gasteiger charge is -2.08. The molecule has 0 aliphatic carbocycles. The van der Waals surface area contributed by atoms with E-state index in [9.17, 15) is 8.78 Å². The number of benzene rings is 3. The molecule has 0 aliphatic heterocycles. The molecule has 0 N–H and O–H groups in total. The fourth-order valence-corrected chi connectivity index (χ4v) is 2.96. The molecule has 3 aromatic rings. The van der Waals surface area contributed by atoms with Gasteiger partial charge in [0, 0.05) is 5.56 Å². The van der Waals surface area contributed by atoms with Gasteiger partial charge in [0.25, 0.3) is 0 Å². The molecule has 0 heterocycles. The van der Waals surface area contributed by atoms with Crippen LogP contribution in [-0.2, 0) is 6.42 Å². The second-order valence-electron chi connectivity index (χ2n) is 6.44. The normalized spacial score (nSPS) is 10.9. The van der Waals surface area contributed by atoms with Crippen molar-refractivity contribution in [3.05, 3.63) is 83.4 Å². The molecule has 3 rings (SSSR count). The minimum Gasteiger partial charge on any atom is -0.203 e. The summed E-state index contributed by atoms with van der Waals surface area (Å²) in [4.78, 5) is 0. The van der Waals surface area contributed by atoms with Crippen molar-refractivity contribution >= 4 is 0 Å². The van der Waals surface area contributed by atoms with Crippen LogP contribution >= 0.6 is 0 Å². The first kappa shape index (κ1) is 17.3. The van der Waals surface area contributed by atoms with Gasteiger partial charge in [-0.15, -0.1) is 0 Å². The predicted octanol–water partition coefficient (Wildman–Crippen LogP) is 6.95. The zero-order valence-corrected chi connectivity index (χ0v) is 14.7. The van der Waals surface area contributed by atoms with E-state index in [1.807, 2.05) is 24.3 Å². The second-order valence-corrected chi connectivity index (χ2v) is 6.44. The topological polar surface area (TPSA) is 0 Å². The maximum atomic E-state index is 14.1. The molecule has 2 heteroatoms. The largest absolute Gasteiger partial charge is 0.203 e. The van der Waals surface area contributed by atoms with Crippen LogP contribution in [0, 0.1) is 18.6 Å². The van der Waals surface area contributed by atoms with Crippen LogP contribution < -0.4 is 0 Å². The minimum absolute atomic E-state index is 0.296. The summed E-state index contributed by atoms with van der Waals surface area (Å²) in [7, 11) is 0. The van der Waals surface area contributed by atoms with Gasteiger partial charge in [-0.25, -0.2) is 8.78 Å². The number of hydrogen-bond donors (Lipinski definition) is 0. The van der Waals surface area contributed by atoms with Gasteiger partial charge in [0.1, 0.15) is 0 Å². The SMILES string of the molecule is CCCCc1ccc(-c2ccc(-c3ccc(C)c(F)c3F)cc2)cc1. The fourth-order valence-electron chi connectivity index (χ4n) is 2.96. The monoisotopic (exact) mass is 336 g/mol. The quantitative estimate of drug-likeness (QED) is 0.473. The van der Waals surface area contributed by atoms with E-state index in [0.29, 0.717) is 16.7 Å². The number of aryl methyl sites for hydroxylation is 2. The Kier molecular flexibility index (Phi) is 5.28. The first-order valence-corrected chi connectivity index (χ1v) is 8.74. The Morgan fingerprint density at radius 1 is 0.680 bits per heavy atom. The molecule has 25 heavy (non-hydrogen) atoms. The van der Waals surface area contributed by atoms with Gasteiger partial charge in [0.05, 0.1) is 0 Å². The van der Waals surface area contributed by atoms with Crippen LogP contribution in [0.25, 0.3) is 22.3 Å². The maximum Gasteiger partial charge on any atom is 0.166 e. The van der Waals surface area contributed by atoms with Gasteiger partial charge < -0.3 is 0 Å². The molecule has 0 fully saturated rings. The van der Waals surface area contributed by atoms with Crippen molar-refractivity contribution < 1.29 is 8.78 Å². The summed E-state index contributed by atoms with van der Waals surface area (Å²) in [6, 6.07) is 19.4. The summed E-state index contributed by atoms with van der Waals surface area (Å²) in [6.45, 7) is 3.76. The molecule has 0 nitrogen and oxygen atoms in total. The zero-order valence-electron chi connectivity index (χ0n) is 14.7. The molecule has 0 amide bonds. The van der Waals surface area contributed by atoms with Gasteiger partial charge in [-0.1, -0.05) is 74.0 Å². The first-order chi connectivity index (χ1) is 12.1. The summed E-state index contributed by atoms with van der Waals surface area (Å²) in [5, 5.41) is 0. The second kappa shape index (κ2) is 7.60. The van der Waals surface area contributed by atoms with Crippen molar-refractivity contribution in [2.45, 2.75) is 33.1 Å². The van der Waals surface area contributed by atoms with Gasteiger partial charge in [-0.2, -0.15) is 0 Å². The van der Waals surface area contributed by atoms with Crippen LogP contribution in [-0.4, -0.2) is 0 Å². The lowest BCUT2D eigenvalue weighted by molar-refractivity contribution is 0.505. The molecule has 0 aliphatic rings. The molecule has 0 radical (unpaired) electrons. The summed E-state index contributed by atoms with van der Waals surface area (Å²) in [6.07, 6.45) is 3.50. The third kappa shape index (κ3) is 3.79. The van der Waals surface area contributed by atoms with E-state index in [1.165, 1.54) is 18.4 Å². The van der Waals surface area contributed by atoms with E-state index < -0.39 is 11.6 Å². The molecule has 0 bridgehead atoms. The number of unbranched alkanes of at least 4 members (excludes halogenated alkanes) is 1. The Morgan fingerprint density at radius 2 is 1.24 bits per heavy atom. The molecule has 0 aromatic heterocycles. The highest BCUT2D eigenvalue weighted by molar-refractivity contribution is 5.71. The van der Waals surface area contributed by atoms with Crippen LogP contribution in [0.2, 0.25) is 0 Å². The van der Waals surface area contributed by atoms with Gasteiger partial charge >= 0.3 is 0 Å². The Bertz CT molecular complexity index is 847. The minimum atomic E-state index is -0.784. The lowest BCUT2D eigenvalue weighted by Crippen LogP contribution is -1.93. The van der Waals surface area contributed by atoms with Crippen molar-refractivity contribution in [1.29, 1.82) is 0 Å². The maximum absolute atomic E-state index is 14.1. The average molecular weight is 336 g/mol. The van der Waals surface area contributed by atoms with Gasteiger partial charge in [-0.05, 0) is 47.6 Å². The third-order valence-corrected chi connectivity index (χ3v) is 4.58. The van der Waals surface area contributed by atoms with Crippen molar-refractivity contribution in [2.24, 2.45) is 0 Å². The highest BCUT2D eigenvalue weighted by atomic mass is 19.2. The van der Waals surface area contributed by atoms with Crippen molar-refractivity contribution in [3.63, 3.8) is 0 Å². The molecule has 3 aromatic carbocycles. The number of halogens is 2. The average Bonchev–Trinajstić information content (AvgIpc) is 2.65. The van der Waals surface area contributed by atoms with Crippen LogP contribution in [0.4, 0.5) is 8.78 Å². The zero-order chi connectivity index (χ0) is 17.8. The fraction of sp³-hybridized carbons (Fsp3) is 0.217. The van der Waals surface area contributed by atoms with E-state index in [-0.39, 0.29) is 0 Å². The molecule has 0 unspecified atom stereocenters. The molecule has 0 atom stereocenters. The Balaban J connectivity index is 1.84. The summed E-state index contributed by atoms with van der Waals surface area (Å²) in [5.41, 5.74) is 4.84. The molecular weight excluding hydrogens is 314 g/mol. The summed E-state index contributed by atoms with van der Waals surface area (Å²) < 4.78 is 27.9. The van der Waals surface area contributed by atoms with Gasteiger partial charge in [-0.3, -0.25) is 0 Å². The van der Waals surface area contributed by atoms with E-state index in [1.54, 1.807) is 19.1 Å². The van der Waals surface area contributed by atoms with E-state index >= 15 is 0 Å². The van der Waals surface area contributed by atoms with E-state index in [4.69, 9.17) is 0 Å². The van der Waals surface area contributed by atoms with Gasteiger partial charge in [0.2, 0.25) is 0 Å². The molecular formula is C23H22F2. The van der Waals surface area contributed by atoms with Crippen molar-refractivity contribution in [2.75, 3.05) is 0 Å². The molecule has 128 valence electrons. The Hall–Kier alpha value is -2.48. The number of hydrogen-bond acceptors (Lipinski definition) is 0. The first-order valence-electron chi connectivity index (χ1n) is 8.74. The lowest BCUT2D eigenvalue weighted by atomic mass is 9.98. The predicted molar refractivity (Wildman–Crippen MR) is 101 cm³/mol. The Morgan fingerprint density at radius 3 is 1.84 bits per heavy atom. The van der Waals surface area contributed by atoms with Gasteiger partial charge in [0.15, 0.2) is 11.6 Å². The smallest absolute Gasteiger partial charge is 0.166 e. The molecule has 0 saturated carbocycles. The van der Waals surface area contributed by atoms with Crippen molar-refractivity contribution in [3.8, 4) is 22.3 Å². The van der Waals surface area contributed by atoms with Crippen molar-refractivity contribution in [1.82, 2.24) is 0 Å². The standard InChI is InChI=1S/C23H22F2/c1-3-4-5-17-7-9-18(10-8-17)19-11-13-20(14-12-19)21-15-6-16(2)22(24)23(21)25/h6-15H,3-5H2,1-2H3. The third-order valence-electron chi connectivity index (χ3n) is 4.58. The van der Waals surface area contributed by atoms with Crippen LogP contribution in [0.5, 0.6) is 0 Å². The highest BCUT2D eigenvalue weighted by Crippen LogP contribution is 2.29. The van der Waals surface area contributed by atoms with E-state index in [2.05, 4.69) is 31.2 Å². The summed E-state index contributed by atoms with van der Waals surface area (Å²) >= 11 is 0. The molecule has 0 saturated heterocycles. The van der Waals surface area contributed by atoms with Crippen LogP contribution in [0.1, 0.15) is 30.9 Å². The molecule has 0 spiro atoms. The highest BCUT2D eigenvalue weighted by Gasteiger charge is 2.12.